The van der Waals surface area contributed by atoms with Crippen molar-refractivity contribution in [1.82, 2.24) is 0 Å². The highest BCUT2D eigenvalue weighted by Crippen LogP contribution is 2.39. The second-order valence-electron chi connectivity index (χ2n) is 6.10. The largest absolute Gasteiger partial charge is 0.0622 e. The highest BCUT2D eigenvalue weighted by Gasteiger charge is 2.19. The van der Waals surface area contributed by atoms with Crippen LogP contribution in [0.2, 0.25) is 0 Å². The first-order valence-electron chi connectivity index (χ1n) is 8.36. The van der Waals surface area contributed by atoms with Crippen LogP contribution in [0.1, 0.15) is 35.1 Å². The molecule has 23 heavy (non-hydrogen) atoms. The van der Waals surface area contributed by atoms with Gasteiger partial charge in [-0.1, -0.05) is 84.9 Å². The summed E-state index contributed by atoms with van der Waals surface area (Å²) >= 11 is 0. The van der Waals surface area contributed by atoms with E-state index in [0.717, 1.165) is 6.42 Å². The molecule has 0 bridgehead atoms. The molecule has 0 saturated carbocycles. The summed E-state index contributed by atoms with van der Waals surface area (Å²) in [6.07, 6.45) is 3.57. The van der Waals surface area contributed by atoms with Gasteiger partial charge in [-0.15, -0.1) is 0 Å². The number of hydrogen-bond donors (Lipinski definition) is 0. The van der Waals surface area contributed by atoms with E-state index in [9.17, 15) is 0 Å². The normalized spacial score (nSPS) is 13.5. The molecule has 1 aliphatic rings. The standard InChI is InChI=1S/C23H20/c1-3-11-19(12-4-1)23(20-13-5-2-6-14-20)22-17-9-15-18-10-7-8-16-21(18)22/h1-8,10-14,16H,9,15,17H2. The van der Waals surface area contributed by atoms with Crippen LogP contribution >= 0.6 is 0 Å². The van der Waals surface area contributed by atoms with E-state index < -0.39 is 0 Å². The minimum absolute atomic E-state index is 1.15. The molecule has 3 aromatic carbocycles. The molecule has 0 heterocycles. The second kappa shape index (κ2) is 6.26. The summed E-state index contributed by atoms with van der Waals surface area (Å²) in [7, 11) is 0. The molecule has 0 heteroatoms. The predicted molar refractivity (Wildman–Crippen MR) is 98.2 cm³/mol. The summed E-state index contributed by atoms with van der Waals surface area (Å²) in [6, 6.07) is 30.5. The van der Waals surface area contributed by atoms with Crippen molar-refractivity contribution in [2.24, 2.45) is 0 Å². The van der Waals surface area contributed by atoms with Gasteiger partial charge >= 0.3 is 0 Å². The summed E-state index contributed by atoms with van der Waals surface area (Å²) in [5, 5.41) is 0. The van der Waals surface area contributed by atoms with Gasteiger partial charge in [0.05, 0.1) is 0 Å². The molecular formula is C23H20. The summed E-state index contributed by atoms with van der Waals surface area (Å²) in [5.41, 5.74) is 8.41. The number of benzene rings is 3. The first kappa shape index (κ1) is 14.0. The quantitative estimate of drug-likeness (QED) is 0.545. The number of rotatable bonds is 2. The van der Waals surface area contributed by atoms with Crippen LogP contribution in [0, 0.1) is 0 Å². The van der Waals surface area contributed by atoms with Gasteiger partial charge < -0.3 is 0 Å². The first-order chi connectivity index (χ1) is 11.4. The molecule has 0 radical (unpaired) electrons. The number of fused-ring (bicyclic) bond motifs is 1. The summed E-state index contributed by atoms with van der Waals surface area (Å²) in [4.78, 5) is 0. The minimum atomic E-state index is 1.15. The van der Waals surface area contributed by atoms with E-state index in [-0.39, 0.29) is 0 Å². The molecule has 3 aromatic rings. The third kappa shape index (κ3) is 2.73. The Morgan fingerprint density at radius 3 is 1.78 bits per heavy atom. The zero-order valence-corrected chi connectivity index (χ0v) is 13.2. The van der Waals surface area contributed by atoms with E-state index in [1.807, 2.05) is 0 Å². The van der Waals surface area contributed by atoms with E-state index in [4.69, 9.17) is 0 Å². The van der Waals surface area contributed by atoms with Crippen LogP contribution in [0.3, 0.4) is 0 Å². The van der Waals surface area contributed by atoms with Crippen LogP contribution in [-0.4, -0.2) is 0 Å². The van der Waals surface area contributed by atoms with Gasteiger partial charge in [-0.25, -0.2) is 0 Å². The Balaban J connectivity index is 2.00. The van der Waals surface area contributed by atoms with Gasteiger partial charge in [0.15, 0.2) is 0 Å². The van der Waals surface area contributed by atoms with Crippen molar-refractivity contribution in [3.05, 3.63) is 107 Å². The Morgan fingerprint density at radius 1 is 0.565 bits per heavy atom. The third-order valence-corrected chi connectivity index (χ3v) is 4.64. The third-order valence-electron chi connectivity index (χ3n) is 4.64. The lowest BCUT2D eigenvalue weighted by atomic mass is 9.81. The van der Waals surface area contributed by atoms with Crippen molar-refractivity contribution < 1.29 is 0 Å². The maximum Gasteiger partial charge on any atom is -0.00733 e. The highest BCUT2D eigenvalue weighted by molar-refractivity contribution is 5.99. The van der Waals surface area contributed by atoms with Gasteiger partial charge in [0.2, 0.25) is 0 Å². The molecule has 0 saturated heterocycles. The molecule has 0 spiro atoms. The van der Waals surface area contributed by atoms with Crippen molar-refractivity contribution in [3.63, 3.8) is 0 Å². The molecule has 0 N–H and O–H groups in total. The molecule has 0 nitrogen and oxygen atoms in total. The molecule has 0 atom stereocenters. The van der Waals surface area contributed by atoms with E-state index >= 15 is 0 Å². The maximum absolute atomic E-state index is 2.29. The monoisotopic (exact) mass is 296 g/mol. The molecule has 0 unspecified atom stereocenters. The van der Waals surface area contributed by atoms with E-state index in [1.54, 1.807) is 0 Å². The van der Waals surface area contributed by atoms with Gasteiger partial charge in [0.1, 0.15) is 0 Å². The van der Waals surface area contributed by atoms with Crippen LogP contribution in [0.5, 0.6) is 0 Å². The lowest BCUT2D eigenvalue weighted by Crippen LogP contribution is -2.04. The lowest BCUT2D eigenvalue weighted by Gasteiger charge is -2.23. The van der Waals surface area contributed by atoms with Crippen LogP contribution in [0.15, 0.2) is 84.9 Å². The lowest BCUT2D eigenvalue weighted by molar-refractivity contribution is 0.823. The Labute approximate surface area is 138 Å². The van der Waals surface area contributed by atoms with Crippen molar-refractivity contribution in [2.75, 3.05) is 0 Å². The van der Waals surface area contributed by atoms with Crippen LogP contribution in [-0.2, 0) is 6.42 Å². The van der Waals surface area contributed by atoms with E-state index in [0.29, 0.717) is 0 Å². The minimum Gasteiger partial charge on any atom is -0.0622 e. The van der Waals surface area contributed by atoms with Crippen LogP contribution in [0.25, 0.3) is 11.1 Å². The zero-order valence-electron chi connectivity index (χ0n) is 13.2. The van der Waals surface area contributed by atoms with Crippen LogP contribution < -0.4 is 0 Å². The molecule has 0 amide bonds. The SMILES string of the molecule is c1ccc(C(=C2CCCc3ccccc32)c2ccccc2)cc1. The van der Waals surface area contributed by atoms with E-state index in [1.165, 1.54) is 46.2 Å². The predicted octanol–water partition coefficient (Wildman–Crippen LogP) is 5.98. The van der Waals surface area contributed by atoms with Gasteiger partial charge in [-0.05, 0) is 52.7 Å². The number of allylic oxidation sites excluding steroid dienone is 1. The summed E-state index contributed by atoms with van der Waals surface area (Å²) in [5.74, 6) is 0. The molecule has 0 aliphatic heterocycles. The second-order valence-corrected chi connectivity index (χ2v) is 6.10. The first-order valence-corrected chi connectivity index (χ1v) is 8.36. The Bertz CT molecular complexity index is 785. The Hall–Kier alpha value is -2.60. The fraction of sp³-hybridized carbons (Fsp3) is 0.130. The van der Waals surface area contributed by atoms with Crippen molar-refractivity contribution in [1.29, 1.82) is 0 Å². The molecule has 1 aliphatic carbocycles. The molecule has 0 aromatic heterocycles. The van der Waals surface area contributed by atoms with Gasteiger partial charge in [0, 0.05) is 0 Å². The molecule has 0 fully saturated rings. The van der Waals surface area contributed by atoms with E-state index in [2.05, 4.69) is 84.9 Å². The Morgan fingerprint density at radius 2 is 1.13 bits per heavy atom. The maximum atomic E-state index is 2.29. The summed E-state index contributed by atoms with van der Waals surface area (Å²) in [6.45, 7) is 0. The zero-order chi connectivity index (χ0) is 15.5. The van der Waals surface area contributed by atoms with Gasteiger partial charge in [-0.2, -0.15) is 0 Å². The van der Waals surface area contributed by atoms with Crippen LogP contribution in [0.4, 0.5) is 0 Å². The fourth-order valence-electron chi connectivity index (χ4n) is 3.61. The smallest absolute Gasteiger partial charge is 0.00733 e. The highest BCUT2D eigenvalue weighted by atomic mass is 14.2. The summed E-state index contributed by atoms with van der Waals surface area (Å²) < 4.78 is 0. The fourth-order valence-corrected chi connectivity index (χ4v) is 3.61. The molecule has 112 valence electrons. The van der Waals surface area contributed by atoms with Crippen molar-refractivity contribution in [2.45, 2.75) is 19.3 Å². The Kier molecular flexibility index (Phi) is 3.81. The van der Waals surface area contributed by atoms with Gasteiger partial charge in [-0.3, -0.25) is 0 Å². The topological polar surface area (TPSA) is 0 Å². The average molecular weight is 296 g/mol. The molecular weight excluding hydrogens is 276 g/mol. The van der Waals surface area contributed by atoms with Crippen molar-refractivity contribution >= 4 is 11.1 Å². The average Bonchev–Trinajstić information content (AvgIpc) is 2.64. The number of hydrogen-bond acceptors (Lipinski definition) is 0. The molecule has 4 rings (SSSR count). The number of aryl methyl sites for hydroxylation is 1. The van der Waals surface area contributed by atoms with Crippen molar-refractivity contribution in [3.8, 4) is 0 Å². The van der Waals surface area contributed by atoms with Gasteiger partial charge in [0.25, 0.3) is 0 Å².